The number of rotatable bonds is 5. The second kappa shape index (κ2) is 7.80. The van der Waals surface area contributed by atoms with Gasteiger partial charge in [-0.25, -0.2) is 15.0 Å². The van der Waals surface area contributed by atoms with Gasteiger partial charge in [-0.3, -0.25) is 9.36 Å². The van der Waals surface area contributed by atoms with Gasteiger partial charge in [0.15, 0.2) is 0 Å². The molecular weight excluding hydrogens is 380 g/mol. The third-order valence-electron chi connectivity index (χ3n) is 4.42. The summed E-state index contributed by atoms with van der Waals surface area (Å²) in [5.74, 6) is 0.770. The van der Waals surface area contributed by atoms with Crippen LogP contribution in [0.25, 0.3) is 10.9 Å². The van der Waals surface area contributed by atoms with Gasteiger partial charge in [-0.15, -0.1) is 0 Å². The minimum atomic E-state index is -0.480. The number of hydrogen-bond acceptors (Lipinski definition) is 8. The molecule has 0 aliphatic carbocycles. The van der Waals surface area contributed by atoms with Crippen LogP contribution < -0.4 is 22.3 Å². The van der Waals surface area contributed by atoms with Crippen LogP contribution in [0.15, 0.2) is 29.3 Å². The SMILES string of the molecule is CC(CN)n1c([C@H](C)Nc2ncnc(N)c2C#N)nc2cccc(Cl)c2c1=O. The fraction of sp³-hybridized carbons (Fsp3) is 0.278. The summed E-state index contributed by atoms with van der Waals surface area (Å²) in [6.45, 7) is 3.86. The van der Waals surface area contributed by atoms with Crippen molar-refractivity contribution in [3.63, 3.8) is 0 Å². The Morgan fingerprint density at radius 1 is 1.36 bits per heavy atom. The molecule has 1 unspecified atom stereocenters. The van der Waals surface area contributed by atoms with E-state index in [1.807, 2.05) is 13.0 Å². The molecule has 3 aromatic rings. The van der Waals surface area contributed by atoms with E-state index in [1.54, 1.807) is 25.1 Å². The van der Waals surface area contributed by atoms with Gasteiger partial charge < -0.3 is 16.8 Å². The molecule has 3 rings (SSSR count). The lowest BCUT2D eigenvalue weighted by Gasteiger charge is -2.23. The van der Waals surface area contributed by atoms with Crippen LogP contribution in [-0.4, -0.2) is 26.1 Å². The average molecular weight is 399 g/mol. The van der Waals surface area contributed by atoms with Gasteiger partial charge in [-0.2, -0.15) is 5.26 Å². The summed E-state index contributed by atoms with van der Waals surface area (Å²) in [6.07, 6.45) is 1.26. The van der Waals surface area contributed by atoms with Crippen LogP contribution >= 0.6 is 11.6 Å². The molecule has 10 heteroatoms. The Morgan fingerprint density at radius 2 is 2.11 bits per heavy atom. The molecule has 0 saturated heterocycles. The monoisotopic (exact) mass is 398 g/mol. The van der Waals surface area contributed by atoms with Crippen LogP contribution in [0.4, 0.5) is 11.6 Å². The van der Waals surface area contributed by atoms with Crippen molar-refractivity contribution in [2.24, 2.45) is 5.73 Å². The van der Waals surface area contributed by atoms with E-state index in [2.05, 4.69) is 20.3 Å². The lowest BCUT2D eigenvalue weighted by atomic mass is 10.2. The van der Waals surface area contributed by atoms with E-state index in [9.17, 15) is 10.1 Å². The Bertz CT molecular complexity index is 1140. The number of benzene rings is 1. The quantitative estimate of drug-likeness (QED) is 0.590. The number of halogens is 1. The fourth-order valence-electron chi connectivity index (χ4n) is 2.94. The highest BCUT2D eigenvalue weighted by Crippen LogP contribution is 2.25. The Kier molecular flexibility index (Phi) is 5.44. The fourth-order valence-corrected chi connectivity index (χ4v) is 3.20. The number of hydrogen-bond donors (Lipinski definition) is 3. The first kappa shape index (κ1) is 19.5. The third-order valence-corrected chi connectivity index (χ3v) is 4.73. The van der Waals surface area contributed by atoms with Crippen molar-refractivity contribution < 1.29 is 0 Å². The van der Waals surface area contributed by atoms with Crippen LogP contribution in [0.1, 0.15) is 37.3 Å². The predicted molar refractivity (Wildman–Crippen MR) is 108 cm³/mol. The highest BCUT2D eigenvalue weighted by atomic mass is 35.5. The molecule has 2 atom stereocenters. The van der Waals surface area contributed by atoms with Crippen molar-refractivity contribution in [2.45, 2.75) is 25.9 Å². The number of nitriles is 1. The first-order valence-corrected chi connectivity index (χ1v) is 8.94. The number of aromatic nitrogens is 4. The highest BCUT2D eigenvalue weighted by molar-refractivity contribution is 6.35. The van der Waals surface area contributed by atoms with Crippen LogP contribution in [0.2, 0.25) is 5.02 Å². The number of nitrogen functional groups attached to an aromatic ring is 1. The van der Waals surface area contributed by atoms with Crippen LogP contribution in [-0.2, 0) is 0 Å². The molecule has 2 heterocycles. The maximum atomic E-state index is 13.2. The minimum absolute atomic E-state index is 0.0677. The summed E-state index contributed by atoms with van der Waals surface area (Å²) in [5.41, 5.74) is 11.9. The number of nitrogens with zero attached hydrogens (tertiary/aromatic N) is 5. The molecule has 0 spiro atoms. The standard InChI is InChI=1S/C18H19ClN8O/c1-9(6-20)27-17(26-13-5-3-4-12(19)14(13)18(27)28)10(2)25-16-11(7-21)15(22)23-8-24-16/h3-5,8-10H,6,20H2,1-2H3,(H3,22,23,24,25)/t9?,10-/m0/s1. The van der Waals surface area contributed by atoms with Gasteiger partial charge in [0, 0.05) is 12.6 Å². The molecule has 0 fully saturated rings. The van der Waals surface area contributed by atoms with Gasteiger partial charge in [-0.1, -0.05) is 17.7 Å². The van der Waals surface area contributed by atoms with Crippen molar-refractivity contribution in [1.29, 1.82) is 5.26 Å². The van der Waals surface area contributed by atoms with Gasteiger partial charge in [0.2, 0.25) is 0 Å². The van der Waals surface area contributed by atoms with Crippen molar-refractivity contribution in [2.75, 3.05) is 17.6 Å². The molecule has 0 amide bonds. The first-order chi connectivity index (χ1) is 13.4. The molecule has 0 aliphatic heterocycles. The molecule has 0 aliphatic rings. The summed E-state index contributed by atoms with van der Waals surface area (Å²) in [6, 6.07) is 6.28. The molecule has 0 bridgehead atoms. The Labute approximate surface area is 166 Å². The lowest BCUT2D eigenvalue weighted by Crippen LogP contribution is -2.34. The Morgan fingerprint density at radius 3 is 2.79 bits per heavy atom. The Balaban J connectivity index is 2.18. The van der Waals surface area contributed by atoms with Crippen LogP contribution in [0, 0.1) is 11.3 Å². The number of nitrogens with two attached hydrogens (primary N) is 2. The molecular formula is C18H19ClN8O. The van der Waals surface area contributed by atoms with E-state index < -0.39 is 6.04 Å². The van der Waals surface area contributed by atoms with Crippen molar-refractivity contribution in [3.05, 3.63) is 51.3 Å². The average Bonchev–Trinajstić information content (AvgIpc) is 2.67. The van der Waals surface area contributed by atoms with Gasteiger partial charge in [0.1, 0.15) is 35.4 Å². The number of anilines is 2. The van der Waals surface area contributed by atoms with E-state index in [-0.39, 0.29) is 35.3 Å². The Hall–Kier alpha value is -3.22. The van der Waals surface area contributed by atoms with E-state index in [1.165, 1.54) is 10.9 Å². The van der Waals surface area contributed by atoms with Gasteiger partial charge in [0.05, 0.1) is 22.0 Å². The van der Waals surface area contributed by atoms with E-state index >= 15 is 0 Å². The minimum Gasteiger partial charge on any atom is -0.382 e. The molecule has 9 nitrogen and oxygen atoms in total. The molecule has 1 aromatic carbocycles. The van der Waals surface area contributed by atoms with Crippen LogP contribution in [0.5, 0.6) is 0 Å². The second-order valence-electron chi connectivity index (χ2n) is 6.32. The predicted octanol–water partition coefficient (Wildman–Crippen LogP) is 1.99. The molecule has 2 aromatic heterocycles. The first-order valence-electron chi connectivity index (χ1n) is 8.56. The normalized spacial score (nSPS) is 13.1. The molecule has 0 radical (unpaired) electrons. The lowest BCUT2D eigenvalue weighted by molar-refractivity contribution is 0.498. The maximum absolute atomic E-state index is 13.2. The zero-order chi connectivity index (χ0) is 20.4. The third kappa shape index (κ3) is 3.35. The molecule has 5 N–H and O–H groups in total. The topological polar surface area (TPSA) is 149 Å². The maximum Gasteiger partial charge on any atom is 0.263 e. The number of fused-ring (bicyclic) bond motifs is 1. The van der Waals surface area contributed by atoms with E-state index in [4.69, 9.17) is 23.1 Å². The van der Waals surface area contributed by atoms with Gasteiger partial charge in [-0.05, 0) is 26.0 Å². The summed E-state index contributed by atoms with van der Waals surface area (Å²) < 4.78 is 1.52. The summed E-state index contributed by atoms with van der Waals surface area (Å²) in [7, 11) is 0. The van der Waals surface area contributed by atoms with Crippen molar-refractivity contribution >= 4 is 34.1 Å². The summed E-state index contributed by atoms with van der Waals surface area (Å²) >= 11 is 6.23. The van der Waals surface area contributed by atoms with Gasteiger partial charge in [0.25, 0.3) is 5.56 Å². The van der Waals surface area contributed by atoms with Crippen LogP contribution in [0.3, 0.4) is 0 Å². The molecule has 28 heavy (non-hydrogen) atoms. The van der Waals surface area contributed by atoms with E-state index in [0.29, 0.717) is 21.7 Å². The molecule has 0 saturated carbocycles. The van der Waals surface area contributed by atoms with E-state index in [0.717, 1.165) is 0 Å². The summed E-state index contributed by atoms with van der Waals surface area (Å²) in [4.78, 5) is 25.7. The second-order valence-corrected chi connectivity index (χ2v) is 6.73. The largest absolute Gasteiger partial charge is 0.382 e. The summed E-state index contributed by atoms with van der Waals surface area (Å²) in [5, 5.41) is 13.1. The zero-order valence-corrected chi connectivity index (χ0v) is 16.1. The number of nitrogens with one attached hydrogen (secondary N) is 1. The van der Waals surface area contributed by atoms with Crippen molar-refractivity contribution in [3.8, 4) is 6.07 Å². The molecule has 144 valence electrons. The van der Waals surface area contributed by atoms with Crippen molar-refractivity contribution in [1.82, 2.24) is 19.5 Å². The zero-order valence-electron chi connectivity index (χ0n) is 15.3. The smallest absolute Gasteiger partial charge is 0.263 e. The van der Waals surface area contributed by atoms with Gasteiger partial charge >= 0.3 is 0 Å². The highest BCUT2D eigenvalue weighted by Gasteiger charge is 2.22.